The summed E-state index contributed by atoms with van der Waals surface area (Å²) in [4.78, 5) is 0.323. The SMILES string of the molecule is Cc1cc(S(=O)(=O)NCCCNC2CC2)ccc1Br. The van der Waals surface area contributed by atoms with Crippen LogP contribution in [0, 0.1) is 6.92 Å². The van der Waals surface area contributed by atoms with Gasteiger partial charge in [-0.2, -0.15) is 0 Å². The van der Waals surface area contributed by atoms with Crippen molar-refractivity contribution in [2.45, 2.75) is 37.1 Å². The van der Waals surface area contributed by atoms with Crippen molar-refractivity contribution in [3.8, 4) is 0 Å². The molecule has 1 aromatic carbocycles. The molecule has 1 fully saturated rings. The highest BCUT2D eigenvalue weighted by Gasteiger charge is 2.19. The quantitative estimate of drug-likeness (QED) is 0.744. The topological polar surface area (TPSA) is 58.2 Å². The zero-order valence-corrected chi connectivity index (χ0v) is 13.4. The van der Waals surface area contributed by atoms with E-state index < -0.39 is 10.0 Å². The lowest BCUT2D eigenvalue weighted by atomic mass is 10.2. The molecule has 0 amide bonds. The van der Waals surface area contributed by atoms with Crippen LogP contribution in [0.2, 0.25) is 0 Å². The third-order valence-corrected chi connectivity index (χ3v) is 5.44. The van der Waals surface area contributed by atoms with E-state index in [9.17, 15) is 8.42 Å². The van der Waals surface area contributed by atoms with Crippen LogP contribution in [0.1, 0.15) is 24.8 Å². The lowest BCUT2D eigenvalue weighted by Crippen LogP contribution is -2.28. The highest BCUT2D eigenvalue weighted by Crippen LogP contribution is 2.20. The number of nitrogens with one attached hydrogen (secondary N) is 2. The molecule has 0 unspecified atom stereocenters. The first kappa shape index (κ1) is 15.0. The van der Waals surface area contributed by atoms with Gasteiger partial charge in [0.2, 0.25) is 10.0 Å². The molecule has 2 rings (SSSR count). The second-order valence-corrected chi connectivity index (χ2v) is 7.51. The Balaban J connectivity index is 1.84. The van der Waals surface area contributed by atoms with Gasteiger partial charge < -0.3 is 5.32 Å². The van der Waals surface area contributed by atoms with Gasteiger partial charge in [-0.3, -0.25) is 0 Å². The summed E-state index contributed by atoms with van der Waals surface area (Å²) in [5.74, 6) is 0. The Hall–Kier alpha value is -0.430. The number of hydrogen-bond donors (Lipinski definition) is 2. The second kappa shape index (κ2) is 6.35. The lowest BCUT2D eigenvalue weighted by molar-refractivity contribution is 0.573. The molecule has 0 bridgehead atoms. The normalized spacial score (nSPS) is 15.7. The van der Waals surface area contributed by atoms with Gasteiger partial charge in [-0.05, 0) is 56.5 Å². The molecular formula is C13H19BrN2O2S. The standard InChI is InChI=1S/C13H19BrN2O2S/c1-10-9-12(5-6-13(10)14)19(17,18)16-8-2-7-15-11-3-4-11/h5-6,9,11,15-16H,2-4,7-8H2,1H3. The minimum Gasteiger partial charge on any atom is -0.314 e. The van der Waals surface area contributed by atoms with Crippen molar-refractivity contribution < 1.29 is 8.42 Å². The molecular weight excluding hydrogens is 328 g/mol. The van der Waals surface area contributed by atoms with Gasteiger partial charge in [-0.25, -0.2) is 13.1 Å². The van der Waals surface area contributed by atoms with E-state index in [1.807, 2.05) is 6.92 Å². The monoisotopic (exact) mass is 346 g/mol. The molecule has 106 valence electrons. The fourth-order valence-electron chi connectivity index (χ4n) is 1.76. The van der Waals surface area contributed by atoms with Crippen LogP contribution in [-0.4, -0.2) is 27.5 Å². The molecule has 0 aromatic heterocycles. The molecule has 1 aliphatic rings. The number of hydrogen-bond acceptors (Lipinski definition) is 3. The first-order valence-electron chi connectivity index (χ1n) is 6.48. The van der Waals surface area contributed by atoms with Gasteiger partial charge in [0.25, 0.3) is 0 Å². The molecule has 1 saturated carbocycles. The van der Waals surface area contributed by atoms with Crippen molar-refractivity contribution in [3.63, 3.8) is 0 Å². The first-order valence-corrected chi connectivity index (χ1v) is 8.76. The summed E-state index contributed by atoms with van der Waals surface area (Å²) in [6.07, 6.45) is 3.32. The zero-order chi connectivity index (χ0) is 13.9. The Morgan fingerprint density at radius 2 is 2.05 bits per heavy atom. The van der Waals surface area contributed by atoms with Gasteiger partial charge in [-0.15, -0.1) is 0 Å². The van der Waals surface area contributed by atoms with E-state index in [0.29, 0.717) is 17.5 Å². The van der Waals surface area contributed by atoms with Crippen molar-refractivity contribution in [1.29, 1.82) is 0 Å². The van der Waals surface area contributed by atoms with Gasteiger partial charge in [0.1, 0.15) is 0 Å². The molecule has 6 heteroatoms. The summed E-state index contributed by atoms with van der Waals surface area (Å²) < 4.78 is 27.7. The van der Waals surface area contributed by atoms with E-state index in [4.69, 9.17) is 0 Å². The fraction of sp³-hybridized carbons (Fsp3) is 0.538. The van der Waals surface area contributed by atoms with E-state index in [0.717, 1.165) is 23.0 Å². The van der Waals surface area contributed by atoms with Crippen LogP contribution in [0.15, 0.2) is 27.6 Å². The lowest BCUT2D eigenvalue weighted by Gasteiger charge is -2.08. The highest BCUT2D eigenvalue weighted by molar-refractivity contribution is 9.10. The highest BCUT2D eigenvalue weighted by atomic mass is 79.9. The Labute approximate surface area is 123 Å². The number of halogens is 1. The van der Waals surface area contributed by atoms with Crippen LogP contribution in [0.4, 0.5) is 0 Å². The first-order chi connectivity index (χ1) is 8.99. The molecule has 0 aliphatic heterocycles. The van der Waals surface area contributed by atoms with E-state index in [1.165, 1.54) is 12.8 Å². The van der Waals surface area contributed by atoms with E-state index in [2.05, 4.69) is 26.0 Å². The maximum absolute atomic E-state index is 12.1. The average Bonchev–Trinajstić information content (AvgIpc) is 3.16. The van der Waals surface area contributed by atoms with Crippen molar-refractivity contribution in [2.75, 3.05) is 13.1 Å². The van der Waals surface area contributed by atoms with Crippen molar-refractivity contribution in [1.82, 2.24) is 10.0 Å². The number of sulfonamides is 1. The fourth-order valence-corrected chi connectivity index (χ4v) is 3.16. The molecule has 0 atom stereocenters. The summed E-state index contributed by atoms with van der Waals surface area (Å²) in [7, 11) is -3.38. The van der Waals surface area contributed by atoms with Crippen LogP contribution in [0.5, 0.6) is 0 Å². The molecule has 4 nitrogen and oxygen atoms in total. The maximum Gasteiger partial charge on any atom is 0.240 e. The summed E-state index contributed by atoms with van der Waals surface area (Å²) in [6, 6.07) is 5.72. The zero-order valence-electron chi connectivity index (χ0n) is 10.9. The Kier molecular flexibility index (Phi) is 5.00. The molecule has 0 radical (unpaired) electrons. The summed E-state index contributed by atoms with van der Waals surface area (Å²) in [5, 5.41) is 3.36. The second-order valence-electron chi connectivity index (χ2n) is 4.89. The smallest absolute Gasteiger partial charge is 0.240 e. The number of aryl methyl sites for hydroxylation is 1. The number of benzene rings is 1. The van der Waals surface area contributed by atoms with Crippen LogP contribution in [0.25, 0.3) is 0 Å². The predicted octanol–water partition coefficient (Wildman–Crippen LogP) is 2.18. The molecule has 2 N–H and O–H groups in total. The molecule has 1 aromatic rings. The van der Waals surface area contributed by atoms with Crippen LogP contribution in [-0.2, 0) is 10.0 Å². The van der Waals surface area contributed by atoms with Gasteiger partial charge in [0, 0.05) is 17.1 Å². The van der Waals surface area contributed by atoms with Crippen molar-refractivity contribution >= 4 is 26.0 Å². The van der Waals surface area contributed by atoms with Crippen LogP contribution < -0.4 is 10.0 Å². The summed E-state index contributed by atoms with van der Waals surface area (Å²) in [5.41, 5.74) is 0.915. The van der Waals surface area contributed by atoms with E-state index in [-0.39, 0.29) is 0 Å². The molecule has 0 heterocycles. The molecule has 0 spiro atoms. The Bertz CT molecular complexity index is 542. The molecule has 19 heavy (non-hydrogen) atoms. The maximum atomic E-state index is 12.1. The van der Waals surface area contributed by atoms with E-state index in [1.54, 1.807) is 18.2 Å². The van der Waals surface area contributed by atoms with Gasteiger partial charge in [-0.1, -0.05) is 15.9 Å². The van der Waals surface area contributed by atoms with Gasteiger partial charge in [0.05, 0.1) is 4.90 Å². The number of rotatable bonds is 7. The minimum absolute atomic E-state index is 0.323. The molecule has 0 saturated heterocycles. The van der Waals surface area contributed by atoms with Gasteiger partial charge >= 0.3 is 0 Å². The van der Waals surface area contributed by atoms with Crippen molar-refractivity contribution in [2.24, 2.45) is 0 Å². The largest absolute Gasteiger partial charge is 0.314 e. The Morgan fingerprint density at radius 3 is 2.68 bits per heavy atom. The van der Waals surface area contributed by atoms with Crippen molar-refractivity contribution in [3.05, 3.63) is 28.2 Å². The van der Waals surface area contributed by atoms with Crippen LogP contribution >= 0.6 is 15.9 Å². The third kappa shape index (κ3) is 4.56. The third-order valence-electron chi connectivity index (χ3n) is 3.10. The summed E-state index contributed by atoms with van der Waals surface area (Å²) >= 11 is 3.37. The average molecular weight is 347 g/mol. The molecule has 1 aliphatic carbocycles. The summed E-state index contributed by atoms with van der Waals surface area (Å²) in [6.45, 7) is 3.21. The van der Waals surface area contributed by atoms with Crippen LogP contribution in [0.3, 0.4) is 0 Å². The van der Waals surface area contributed by atoms with Gasteiger partial charge in [0.15, 0.2) is 0 Å². The Morgan fingerprint density at radius 1 is 1.32 bits per heavy atom. The minimum atomic E-state index is -3.38. The van der Waals surface area contributed by atoms with E-state index >= 15 is 0 Å². The predicted molar refractivity (Wildman–Crippen MR) is 79.7 cm³/mol.